The lowest BCUT2D eigenvalue weighted by Gasteiger charge is -2.37. The van der Waals surface area contributed by atoms with Crippen LogP contribution in [0.1, 0.15) is 25.3 Å². The van der Waals surface area contributed by atoms with Gasteiger partial charge in [-0.2, -0.15) is 0 Å². The molecule has 2 N–H and O–H groups in total. The van der Waals surface area contributed by atoms with Crippen LogP contribution in [-0.2, 0) is 0 Å². The smallest absolute Gasteiger partial charge is 0.0389 e. The molecule has 100 valence electrons. The molecule has 1 heterocycles. The van der Waals surface area contributed by atoms with Crippen LogP contribution < -0.4 is 10.6 Å². The number of benzene rings is 1. The van der Waals surface area contributed by atoms with Crippen molar-refractivity contribution in [2.24, 2.45) is 0 Å². The number of piperidine rings is 1. The van der Waals surface area contributed by atoms with Gasteiger partial charge in [0.2, 0.25) is 0 Å². The Labute approximate surface area is 111 Å². The highest BCUT2D eigenvalue weighted by molar-refractivity contribution is 5.58. The molecule has 0 aromatic heterocycles. The normalized spacial score (nSPS) is 17.9. The molecule has 3 heteroatoms. The number of hydrogen-bond donors (Lipinski definition) is 1. The van der Waals surface area contributed by atoms with E-state index in [1.807, 2.05) is 6.07 Å². The fourth-order valence-corrected chi connectivity index (χ4v) is 2.83. The van der Waals surface area contributed by atoms with Crippen LogP contribution in [0.5, 0.6) is 0 Å². The Morgan fingerprint density at radius 1 is 1.28 bits per heavy atom. The van der Waals surface area contributed by atoms with Crippen LogP contribution in [0.25, 0.3) is 0 Å². The van der Waals surface area contributed by atoms with Crippen molar-refractivity contribution in [1.82, 2.24) is 4.90 Å². The predicted octanol–water partition coefficient (Wildman–Crippen LogP) is 2.50. The van der Waals surface area contributed by atoms with Gasteiger partial charge in [0, 0.05) is 37.6 Å². The fraction of sp³-hybridized carbons (Fsp3) is 0.600. The zero-order valence-corrected chi connectivity index (χ0v) is 11.8. The van der Waals surface area contributed by atoms with Gasteiger partial charge in [-0.1, -0.05) is 6.92 Å². The highest BCUT2D eigenvalue weighted by Crippen LogP contribution is 2.25. The first kappa shape index (κ1) is 13.2. The van der Waals surface area contributed by atoms with Crippen LogP contribution in [0.2, 0.25) is 0 Å². The second-order valence-corrected chi connectivity index (χ2v) is 5.38. The van der Waals surface area contributed by atoms with Crippen LogP contribution in [0.15, 0.2) is 18.2 Å². The Morgan fingerprint density at radius 2 is 1.94 bits per heavy atom. The maximum atomic E-state index is 5.94. The standard InChI is InChI=1S/C15H25N3/c1-4-18-7-5-14(6-8-18)17(3)15-10-12(2)9-13(16)11-15/h9-11,14H,4-8,16H2,1-3H3. The second kappa shape index (κ2) is 5.61. The van der Waals surface area contributed by atoms with Crippen molar-refractivity contribution in [1.29, 1.82) is 0 Å². The molecular formula is C15H25N3. The van der Waals surface area contributed by atoms with E-state index in [0.29, 0.717) is 6.04 Å². The topological polar surface area (TPSA) is 32.5 Å². The van der Waals surface area contributed by atoms with Gasteiger partial charge >= 0.3 is 0 Å². The molecule has 0 radical (unpaired) electrons. The van der Waals surface area contributed by atoms with Crippen LogP contribution in [0.4, 0.5) is 11.4 Å². The lowest BCUT2D eigenvalue weighted by Crippen LogP contribution is -2.43. The van der Waals surface area contributed by atoms with Gasteiger partial charge in [0.25, 0.3) is 0 Å². The average Bonchev–Trinajstić information content (AvgIpc) is 2.37. The van der Waals surface area contributed by atoms with Crippen molar-refractivity contribution in [3.63, 3.8) is 0 Å². The van der Waals surface area contributed by atoms with Gasteiger partial charge in [-0.3, -0.25) is 0 Å². The summed E-state index contributed by atoms with van der Waals surface area (Å²) in [6, 6.07) is 6.98. The minimum absolute atomic E-state index is 0.647. The molecule has 1 aromatic rings. The molecule has 0 spiro atoms. The largest absolute Gasteiger partial charge is 0.399 e. The molecule has 1 aromatic carbocycles. The maximum Gasteiger partial charge on any atom is 0.0389 e. The quantitative estimate of drug-likeness (QED) is 0.833. The van der Waals surface area contributed by atoms with E-state index in [1.165, 1.54) is 43.7 Å². The van der Waals surface area contributed by atoms with Gasteiger partial charge in [0.15, 0.2) is 0 Å². The summed E-state index contributed by atoms with van der Waals surface area (Å²) >= 11 is 0. The Kier molecular flexibility index (Phi) is 4.12. The highest BCUT2D eigenvalue weighted by Gasteiger charge is 2.21. The molecule has 0 atom stereocenters. The molecular weight excluding hydrogens is 222 g/mol. The molecule has 1 fully saturated rings. The average molecular weight is 247 g/mol. The summed E-state index contributed by atoms with van der Waals surface area (Å²) < 4.78 is 0. The van der Waals surface area contributed by atoms with Crippen molar-refractivity contribution in [2.45, 2.75) is 32.7 Å². The van der Waals surface area contributed by atoms with Crippen LogP contribution >= 0.6 is 0 Å². The monoisotopic (exact) mass is 247 g/mol. The minimum atomic E-state index is 0.647. The molecule has 3 nitrogen and oxygen atoms in total. The third-order valence-electron chi connectivity index (χ3n) is 4.04. The molecule has 1 saturated heterocycles. The number of hydrogen-bond acceptors (Lipinski definition) is 3. The zero-order chi connectivity index (χ0) is 13.1. The summed E-state index contributed by atoms with van der Waals surface area (Å²) in [4.78, 5) is 4.92. The Morgan fingerprint density at radius 3 is 2.50 bits per heavy atom. The van der Waals surface area contributed by atoms with Gasteiger partial charge < -0.3 is 15.5 Å². The van der Waals surface area contributed by atoms with Crippen molar-refractivity contribution in [2.75, 3.05) is 37.3 Å². The molecule has 0 amide bonds. The number of nitrogens with two attached hydrogens (primary N) is 1. The number of rotatable bonds is 3. The fourth-order valence-electron chi connectivity index (χ4n) is 2.83. The van der Waals surface area contributed by atoms with E-state index >= 15 is 0 Å². The molecule has 18 heavy (non-hydrogen) atoms. The summed E-state index contributed by atoms with van der Waals surface area (Å²) in [6.45, 7) is 7.95. The van der Waals surface area contributed by atoms with Gasteiger partial charge in [-0.15, -0.1) is 0 Å². The summed E-state index contributed by atoms with van der Waals surface area (Å²) in [6.07, 6.45) is 2.50. The molecule has 0 unspecified atom stereocenters. The van der Waals surface area contributed by atoms with E-state index in [9.17, 15) is 0 Å². The van der Waals surface area contributed by atoms with E-state index in [-0.39, 0.29) is 0 Å². The predicted molar refractivity (Wildman–Crippen MR) is 79.1 cm³/mol. The van der Waals surface area contributed by atoms with Crippen LogP contribution in [0.3, 0.4) is 0 Å². The number of anilines is 2. The first-order chi connectivity index (χ1) is 8.60. The van der Waals surface area contributed by atoms with Crippen molar-refractivity contribution in [3.8, 4) is 0 Å². The van der Waals surface area contributed by atoms with E-state index in [1.54, 1.807) is 0 Å². The SMILES string of the molecule is CCN1CCC(N(C)c2cc(C)cc(N)c2)CC1. The van der Waals surface area contributed by atoms with Crippen molar-refractivity contribution < 1.29 is 0 Å². The number of likely N-dealkylation sites (tertiary alicyclic amines) is 1. The summed E-state index contributed by atoms with van der Waals surface area (Å²) in [5, 5.41) is 0. The van der Waals surface area contributed by atoms with Crippen molar-refractivity contribution >= 4 is 11.4 Å². The Hall–Kier alpha value is -1.22. The lowest BCUT2D eigenvalue weighted by atomic mass is 10.0. The molecule has 0 bridgehead atoms. The third-order valence-corrected chi connectivity index (χ3v) is 4.04. The molecule has 1 aliphatic heterocycles. The molecule has 0 saturated carbocycles. The first-order valence-corrected chi connectivity index (χ1v) is 6.92. The van der Waals surface area contributed by atoms with E-state index < -0.39 is 0 Å². The highest BCUT2D eigenvalue weighted by atomic mass is 15.2. The summed E-state index contributed by atoms with van der Waals surface area (Å²) in [7, 11) is 2.19. The molecule has 2 rings (SSSR count). The Bertz CT molecular complexity index is 374. The van der Waals surface area contributed by atoms with Gasteiger partial charge in [-0.05, 0) is 50.1 Å². The van der Waals surface area contributed by atoms with Crippen LogP contribution in [-0.4, -0.2) is 37.6 Å². The van der Waals surface area contributed by atoms with E-state index in [2.05, 4.69) is 42.8 Å². The summed E-state index contributed by atoms with van der Waals surface area (Å²) in [5.41, 5.74) is 9.29. The number of nitrogen functional groups attached to an aromatic ring is 1. The number of aryl methyl sites for hydroxylation is 1. The van der Waals surface area contributed by atoms with Gasteiger partial charge in [0.1, 0.15) is 0 Å². The molecule has 0 aliphatic carbocycles. The van der Waals surface area contributed by atoms with Crippen LogP contribution in [0, 0.1) is 6.92 Å². The third kappa shape index (κ3) is 2.96. The minimum Gasteiger partial charge on any atom is -0.399 e. The second-order valence-electron chi connectivity index (χ2n) is 5.38. The lowest BCUT2D eigenvalue weighted by molar-refractivity contribution is 0.221. The summed E-state index contributed by atoms with van der Waals surface area (Å²) in [5.74, 6) is 0. The van der Waals surface area contributed by atoms with E-state index in [0.717, 1.165) is 5.69 Å². The Balaban J connectivity index is 2.05. The van der Waals surface area contributed by atoms with Gasteiger partial charge in [-0.25, -0.2) is 0 Å². The van der Waals surface area contributed by atoms with E-state index in [4.69, 9.17) is 5.73 Å². The first-order valence-electron chi connectivity index (χ1n) is 6.92. The zero-order valence-electron chi connectivity index (χ0n) is 11.8. The maximum absolute atomic E-state index is 5.94. The van der Waals surface area contributed by atoms with Crippen molar-refractivity contribution in [3.05, 3.63) is 23.8 Å². The molecule has 1 aliphatic rings. The number of nitrogens with zero attached hydrogens (tertiary/aromatic N) is 2. The van der Waals surface area contributed by atoms with Gasteiger partial charge in [0.05, 0.1) is 0 Å².